The van der Waals surface area contributed by atoms with Crippen LogP contribution in [0.5, 0.6) is 0 Å². The van der Waals surface area contributed by atoms with Gasteiger partial charge in [-0.3, -0.25) is 4.79 Å². The molecule has 0 aliphatic rings. The van der Waals surface area contributed by atoms with Crippen molar-refractivity contribution in [2.24, 2.45) is 0 Å². The number of ether oxygens (including phenoxy) is 1. The highest BCUT2D eigenvalue weighted by molar-refractivity contribution is 5.86. The second-order valence-corrected chi connectivity index (χ2v) is 7.59. The largest absolute Gasteiger partial charge is 0.481 e. The molecule has 4 nitrogen and oxygen atoms in total. The number of unbranched alkanes of at least 4 members (excludes halogenated alkanes) is 14. The summed E-state index contributed by atoms with van der Waals surface area (Å²) < 4.78 is 4.56. The standard InChI is InChI=1S/C18H36O2.C6H10O2/c1-2-3-4-5-6-7-8-9-10-11-12-13-14-15-16-17-18(19)20;1-4-8-6(7)5(2)3/h2-17H2,1H3,(H,19,20);2,4H2,1,3H3. The van der Waals surface area contributed by atoms with E-state index in [1.807, 2.05) is 0 Å². The summed E-state index contributed by atoms with van der Waals surface area (Å²) in [7, 11) is 0. The van der Waals surface area contributed by atoms with Crippen molar-refractivity contribution >= 4 is 11.9 Å². The summed E-state index contributed by atoms with van der Waals surface area (Å²) in [5, 5.41) is 8.52. The van der Waals surface area contributed by atoms with Crippen LogP contribution in [0.25, 0.3) is 0 Å². The monoisotopic (exact) mass is 398 g/mol. The summed E-state index contributed by atoms with van der Waals surface area (Å²) in [5.74, 6) is -0.966. The van der Waals surface area contributed by atoms with Crippen LogP contribution < -0.4 is 0 Å². The minimum Gasteiger partial charge on any atom is -0.481 e. The molecule has 0 amide bonds. The number of esters is 1. The molecule has 4 heteroatoms. The van der Waals surface area contributed by atoms with Gasteiger partial charge in [-0.25, -0.2) is 4.79 Å². The number of carbonyl (C=O) groups excluding carboxylic acids is 1. The lowest BCUT2D eigenvalue weighted by molar-refractivity contribution is -0.138. The molecule has 0 aliphatic heterocycles. The van der Waals surface area contributed by atoms with E-state index in [-0.39, 0.29) is 5.97 Å². The number of rotatable bonds is 18. The fourth-order valence-corrected chi connectivity index (χ4v) is 2.90. The topological polar surface area (TPSA) is 63.6 Å². The van der Waals surface area contributed by atoms with Crippen LogP contribution in [-0.2, 0) is 14.3 Å². The maximum Gasteiger partial charge on any atom is 0.333 e. The van der Waals surface area contributed by atoms with Crippen molar-refractivity contribution in [3.05, 3.63) is 12.2 Å². The van der Waals surface area contributed by atoms with Crippen molar-refractivity contribution in [3.8, 4) is 0 Å². The highest BCUT2D eigenvalue weighted by atomic mass is 16.5. The molecule has 28 heavy (non-hydrogen) atoms. The third-order valence-electron chi connectivity index (χ3n) is 4.62. The highest BCUT2D eigenvalue weighted by Crippen LogP contribution is 2.13. The average molecular weight is 399 g/mol. The first-order chi connectivity index (χ1) is 13.5. The molecule has 0 radical (unpaired) electrons. The number of hydrogen-bond donors (Lipinski definition) is 1. The molecule has 0 spiro atoms. The van der Waals surface area contributed by atoms with Crippen LogP contribution in [-0.4, -0.2) is 23.7 Å². The van der Waals surface area contributed by atoms with Gasteiger partial charge in [0, 0.05) is 12.0 Å². The van der Waals surface area contributed by atoms with Crippen molar-refractivity contribution in [2.45, 2.75) is 124 Å². The van der Waals surface area contributed by atoms with E-state index in [2.05, 4.69) is 18.2 Å². The van der Waals surface area contributed by atoms with Crippen molar-refractivity contribution in [1.29, 1.82) is 0 Å². The Labute approximate surface area is 174 Å². The zero-order valence-corrected chi connectivity index (χ0v) is 18.9. The maximum atomic E-state index is 10.4. The number of carbonyl (C=O) groups is 2. The summed E-state index contributed by atoms with van der Waals surface area (Å²) >= 11 is 0. The molecule has 166 valence electrons. The van der Waals surface area contributed by atoms with E-state index in [1.165, 1.54) is 83.5 Å². The van der Waals surface area contributed by atoms with E-state index in [1.54, 1.807) is 13.8 Å². The molecule has 0 rings (SSSR count). The molecule has 0 aromatic carbocycles. The number of carboxylic acid groups (broad SMARTS) is 1. The van der Waals surface area contributed by atoms with Crippen molar-refractivity contribution in [3.63, 3.8) is 0 Å². The molecule has 0 heterocycles. The Bertz CT molecular complexity index is 377. The minimum absolute atomic E-state index is 0.312. The maximum absolute atomic E-state index is 10.4. The minimum atomic E-state index is -0.653. The van der Waals surface area contributed by atoms with E-state index in [0.29, 0.717) is 18.6 Å². The number of hydrogen-bond acceptors (Lipinski definition) is 3. The quantitative estimate of drug-likeness (QED) is 0.148. The van der Waals surface area contributed by atoms with Crippen LogP contribution in [0.4, 0.5) is 0 Å². The van der Waals surface area contributed by atoms with Gasteiger partial charge in [0.25, 0.3) is 0 Å². The van der Waals surface area contributed by atoms with Gasteiger partial charge >= 0.3 is 11.9 Å². The van der Waals surface area contributed by atoms with Crippen molar-refractivity contribution in [2.75, 3.05) is 6.61 Å². The molecule has 0 bridgehead atoms. The molecule has 0 aromatic heterocycles. The van der Waals surface area contributed by atoms with Crippen LogP contribution in [0, 0.1) is 0 Å². The predicted molar refractivity (Wildman–Crippen MR) is 119 cm³/mol. The second kappa shape index (κ2) is 23.7. The summed E-state index contributed by atoms with van der Waals surface area (Å²) in [4.78, 5) is 20.8. The molecule has 0 aromatic rings. The van der Waals surface area contributed by atoms with E-state index in [4.69, 9.17) is 5.11 Å². The van der Waals surface area contributed by atoms with Gasteiger partial charge in [-0.1, -0.05) is 103 Å². The zero-order chi connectivity index (χ0) is 21.5. The Morgan fingerprint density at radius 1 is 0.714 bits per heavy atom. The van der Waals surface area contributed by atoms with E-state index in [9.17, 15) is 9.59 Å². The molecule has 0 aliphatic carbocycles. The fourth-order valence-electron chi connectivity index (χ4n) is 2.90. The lowest BCUT2D eigenvalue weighted by Crippen LogP contribution is -2.03. The van der Waals surface area contributed by atoms with Gasteiger partial charge in [0.1, 0.15) is 0 Å². The first kappa shape index (κ1) is 28.9. The Balaban J connectivity index is 0. The molecule has 0 fully saturated rings. The zero-order valence-electron chi connectivity index (χ0n) is 18.9. The summed E-state index contributed by atoms with van der Waals surface area (Å²) in [6, 6.07) is 0. The van der Waals surface area contributed by atoms with Crippen LogP contribution in [0.2, 0.25) is 0 Å². The smallest absolute Gasteiger partial charge is 0.333 e. The van der Waals surface area contributed by atoms with E-state index < -0.39 is 5.97 Å². The van der Waals surface area contributed by atoms with Gasteiger partial charge in [0.05, 0.1) is 6.61 Å². The first-order valence-corrected chi connectivity index (χ1v) is 11.5. The van der Waals surface area contributed by atoms with Crippen molar-refractivity contribution in [1.82, 2.24) is 0 Å². The van der Waals surface area contributed by atoms with Gasteiger partial charge in [0.15, 0.2) is 0 Å². The lowest BCUT2D eigenvalue weighted by Gasteiger charge is -2.03. The SMILES string of the molecule is C=C(C)C(=O)OCC.CCCCCCCCCCCCCCCCCC(=O)O. The Kier molecular flexibility index (Phi) is 24.5. The Morgan fingerprint density at radius 3 is 1.32 bits per heavy atom. The molecule has 0 saturated heterocycles. The van der Waals surface area contributed by atoms with Crippen LogP contribution in [0.3, 0.4) is 0 Å². The lowest BCUT2D eigenvalue weighted by atomic mass is 10.0. The van der Waals surface area contributed by atoms with Gasteiger partial charge < -0.3 is 9.84 Å². The highest BCUT2D eigenvalue weighted by Gasteiger charge is 1.98. The Hall–Kier alpha value is -1.32. The number of aliphatic carboxylic acids is 1. The number of carboxylic acids is 1. The third-order valence-corrected chi connectivity index (χ3v) is 4.62. The van der Waals surface area contributed by atoms with E-state index >= 15 is 0 Å². The van der Waals surface area contributed by atoms with Crippen LogP contribution in [0.15, 0.2) is 12.2 Å². The molecular formula is C24H46O4. The molecule has 0 saturated carbocycles. The van der Waals surface area contributed by atoms with Crippen LogP contribution in [0.1, 0.15) is 124 Å². The second-order valence-electron chi connectivity index (χ2n) is 7.59. The molecule has 1 N–H and O–H groups in total. The molecular weight excluding hydrogens is 352 g/mol. The Morgan fingerprint density at radius 2 is 1.07 bits per heavy atom. The fraction of sp³-hybridized carbons (Fsp3) is 0.833. The third kappa shape index (κ3) is 26.9. The normalized spacial score (nSPS) is 10.1. The van der Waals surface area contributed by atoms with Gasteiger partial charge in [0.2, 0.25) is 0 Å². The van der Waals surface area contributed by atoms with E-state index in [0.717, 1.165) is 12.8 Å². The van der Waals surface area contributed by atoms with Gasteiger partial charge in [-0.2, -0.15) is 0 Å². The average Bonchev–Trinajstić information content (AvgIpc) is 2.65. The summed E-state index contributed by atoms with van der Waals surface area (Å²) in [6.45, 7) is 9.48. The summed E-state index contributed by atoms with van der Waals surface area (Å²) in [6.07, 6.45) is 20.2. The predicted octanol–water partition coefficient (Wildman–Crippen LogP) is 7.46. The van der Waals surface area contributed by atoms with Crippen molar-refractivity contribution < 1.29 is 19.4 Å². The van der Waals surface area contributed by atoms with Gasteiger partial charge in [-0.15, -0.1) is 0 Å². The summed E-state index contributed by atoms with van der Waals surface area (Å²) in [5.41, 5.74) is 0.451. The van der Waals surface area contributed by atoms with Crippen LogP contribution >= 0.6 is 0 Å². The van der Waals surface area contributed by atoms with Gasteiger partial charge in [-0.05, 0) is 20.3 Å². The molecule has 0 atom stereocenters. The first-order valence-electron chi connectivity index (χ1n) is 11.5. The molecule has 0 unspecified atom stereocenters.